The number of ether oxygens (including phenoxy) is 1. The lowest BCUT2D eigenvalue weighted by Gasteiger charge is -2.39. The molecule has 0 aromatic carbocycles. The van der Waals surface area contributed by atoms with E-state index in [1.807, 2.05) is 30.1 Å². The van der Waals surface area contributed by atoms with Crippen molar-refractivity contribution in [2.45, 2.75) is 44.4 Å². The van der Waals surface area contributed by atoms with E-state index in [1.165, 1.54) is 24.2 Å². The maximum absolute atomic E-state index is 9.56. The number of anilines is 3. The van der Waals surface area contributed by atoms with Crippen LogP contribution in [0.4, 0.5) is 17.5 Å². The number of nitrogens with zero attached hydrogens (tertiary/aromatic N) is 5. The molecule has 2 fully saturated rings. The molecular formula is C21H29N7O2S. The average molecular weight is 444 g/mol. The highest BCUT2D eigenvalue weighted by Gasteiger charge is 2.27. The largest absolute Gasteiger partial charge is 0.389 e. The lowest BCUT2D eigenvalue weighted by atomic mass is 9.90. The van der Waals surface area contributed by atoms with E-state index in [0.29, 0.717) is 23.0 Å². The second-order valence-corrected chi connectivity index (χ2v) is 9.37. The minimum Gasteiger partial charge on any atom is -0.389 e. The lowest BCUT2D eigenvalue weighted by Crippen LogP contribution is -2.46. The van der Waals surface area contributed by atoms with Gasteiger partial charge in [-0.25, -0.2) is 4.98 Å². The molecule has 0 amide bonds. The van der Waals surface area contributed by atoms with Crippen LogP contribution in [0.2, 0.25) is 0 Å². The molecule has 3 aromatic rings. The van der Waals surface area contributed by atoms with Crippen molar-refractivity contribution < 1.29 is 9.84 Å². The van der Waals surface area contributed by atoms with E-state index in [9.17, 15) is 5.11 Å². The standard InChI is InChI=1S/C21H29N7O2S/c1-27-7-6-15(12-27)23-21-25-19(18-20(26-21)31-17(13-29)24-18)22-14-2-4-16(5-3-14)28-8-10-30-11-9-28/h6-7,12,14,16,29H,2-5,8-11,13H2,1H3,(H2,22,23,25,26). The molecule has 4 heterocycles. The van der Waals surface area contributed by atoms with Gasteiger partial charge in [-0.2, -0.15) is 9.97 Å². The number of aliphatic hydroxyl groups excluding tert-OH is 1. The molecule has 5 rings (SSSR count). The van der Waals surface area contributed by atoms with Crippen molar-refractivity contribution in [3.8, 4) is 0 Å². The molecule has 1 aliphatic carbocycles. The van der Waals surface area contributed by atoms with E-state index in [4.69, 9.17) is 9.72 Å². The van der Waals surface area contributed by atoms with Gasteiger partial charge in [0.25, 0.3) is 0 Å². The van der Waals surface area contributed by atoms with Gasteiger partial charge < -0.3 is 25.0 Å². The van der Waals surface area contributed by atoms with Crippen LogP contribution in [0.5, 0.6) is 0 Å². The van der Waals surface area contributed by atoms with Crippen LogP contribution in [0.1, 0.15) is 30.7 Å². The molecule has 0 unspecified atom stereocenters. The quantitative estimate of drug-likeness (QED) is 0.535. The molecule has 3 N–H and O–H groups in total. The van der Waals surface area contributed by atoms with Gasteiger partial charge in [-0.05, 0) is 31.7 Å². The summed E-state index contributed by atoms with van der Waals surface area (Å²) in [4.78, 5) is 17.3. The second-order valence-electron chi connectivity index (χ2n) is 8.30. The summed E-state index contributed by atoms with van der Waals surface area (Å²) < 4.78 is 7.47. The first-order valence-corrected chi connectivity index (χ1v) is 11.8. The van der Waals surface area contributed by atoms with Gasteiger partial charge in [0.05, 0.1) is 25.5 Å². The van der Waals surface area contributed by atoms with E-state index in [-0.39, 0.29) is 6.61 Å². The zero-order valence-electron chi connectivity index (χ0n) is 17.8. The average Bonchev–Trinajstić information content (AvgIpc) is 3.40. The molecule has 2 aliphatic rings. The summed E-state index contributed by atoms with van der Waals surface area (Å²) in [5.41, 5.74) is 1.67. The van der Waals surface area contributed by atoms with Crippen LogP contribution >= 0.6 is 11.3 Å². The Morgan fingerprint density at radius 2 is 1.97 bits per heavy atom. The summed E-state index contributed by atoms with van der Waals surface area (Å²) in [5, 5.41) is 17.1. The Hall–Kier alpha value is -2.27. The topological polar surface area (TPSA) is 100 Å². The number of fused-ring (bicyclic) bond motifs is 1. The summed E-state index contributed by atoms with van der Waals surface area (Å²) in [6.07, 6.45) is 8.53. The Morgan fingerprint density at radius 1 is 1.16 bits per heavy atom. The highest BCUT2D eigenvalue weighted by atomic mass is 32.1. The monoisotopic (exact) mass is 443 g/mol. The third-order valence-electron chi connectivity index (χ3n) is 6.13. The molecule has 31 heavy (non-hydrogen) atoms. The zero-order valence-corrected chi connectivity index (χ0v) is 18.6. The van der Waals surface area contributed by atoms with Crippen LogP contribution in [0.25, 0.3) is 10.3 Å². The first-order chi connectivity index (χ1) is 15.2. The van der Waals surface area contributed by atoms with Gasteiger partial charge in [-0.1, -0.05) is 11.3 Å². The van der Waals surface area contributed by atoms with Gasteiger partial charge in [-0.15, -0.1) is 0 Å². The van der Waals surface area contributed by atoms with Gasteiger partial charge in [0.15, 0.2) is 10.6 Å². The van der Waals surface area contributed by atoms with Crippen molar-refractivity contribution in [3.63, 3.8) is 0 Å². The molecule has 3 aromatic heterocycles. The summed E-state index contributed by atoms with van der Waals surface area (Å²) >= 11 is 1.41. The predicted molar refractivity (Wildman–Crippen MR) is 122 cm³/mol. The normalized spacial score (nSPS) is 22.6. The first kappa shape index (κ1) is 20.6. The molecule has 0 bridgehead atoms. The number of morpholine rings is 1. The molecule has 1 saturated carbocycles. The highest BCUT2D eigenvalue weighted by Crippen LogP contribution is 2.31. The fourth-order valence-corrected chi connectivity index (χ4v) is 5.31. The number of rotatable bonds is 6. The Balaban J connectivity index is 1.32. The van der Waals surface area contributed by atoms with Crippen molar-refractivity contribution in [1.29, 1.82) is 0 Å². The van der Waals surface area contributed by atoms with Crippen molar-refractivity contribution in [2.75, 3.05) is 36.9 Å². The number of aryl methyl sites for hydroxylation is 1. The summed E-state index contributed by atoms with van der Waals surface area (Å²) in [6, 6.07) is 3.00. The van der Waals surface area contributed by atoms with Crippen LogP contribution in [0.3, 0.4) is 0 Å². The predicted octanol–water partition coefficient (Wildman–Crippen LogP) is 2.72. The van der Waals surface area contributed by atoms with Crippen molar-refractivity contribution in [1.82, 2.24) is 24.4 Å². The van der Waals surface area contributed by atoms with Gasteiger partial charge in [-0.3, -0.25) is 4.90 Å². The summed E-state index contributed by atoms with van der Waals surface area (Å²) in [5.74, 6) is 1.28. The molecule has 0 spiro atoms. The molecule has 9 nitrogen and oxygen atoms in total. The van der Waals surface area contributed by atoms with Crippen LogP contribution in [-0.4, -0.2) is 67.9 Å². The van der Waals surface area contributed by atoms with Crippen LogP contribution in [0.15, 0.2) is 18.5 Å². The Morgan fingerprint density at radius 3 is 2.68 bits per heavy atom. The van der Waals surface area contributed by atoms with Gasteiger partial charge in [0.2, 0.25) is 5.95 Å². The molecular weight excluding hydrogens is 414 g/mol. The number of nitrogens with one attached hydrogen (secondary N) is 2. The van der Waals surface area contributed by atoms with Crippen molar-refractivity contribution in [2.24, 2.45) is 7.05 Å². The van der Waals surface area contributed by atoms with E-state index < -0.39 is 0 Å². The smallest absolute Gasteiger partial charge is 0.230 e. The van der Waals surface area contributed by atoms with Crippen molar-refractivity contribution in [3.05, 3.63) is 23.5 Å². The first-order valence-electron chi connectivity index (χ1n) is 10.9. The molecule has 10 heteroatoms. The van der Waals surface area contributed by atoms with Crippen LogP contribution in [0, 0.1) is 0 Å². The van der Waals surface area contributed by atoms with E-state index in [0.717, 1.165) is 61.0 Å². The number of aromatic nitrogens is 4. The number of thiazole rings is 1. The maximum atomic E-state index is 9.56. The number of aliphatic hydroxyl groups is 1. The highest BCUT2D eigenvalue weighted by molar-refractivity contribution is 7.18. The molecule has 1 aliphatic heterocycles. The molecule has 1 saturated heterocycles. The minimum absolute atomic E-state index is 0.0907. The molecule has 166 valence electrons. The van der Waals surface area contributed by atoms with E-state index in [2.05, 4.69) is 25.5 Å². The fourth-order valence-electron chi connectivity index (χ4n) is 4.52. The maximum Gasteiger partial charge on any atom is 0.230 e. The van der Waals surface area contributed by atoms with Gasteiger partial charge >= 0.3 is 0 Å². The number of hydrogen-bond acceptors (Lipinski definition) is 9. The van der Waals surface area contributed by atoms with Crippen LogP contribution in [-0.2, 0) is 18.4 Å². The SMILES string of the molecule is Cn1ccc(Nc2nc(NC3CCC(N4CCOCC4)CC3)c3nc(CO)sc3n2)c1. The second kappa shape index (κ2) is 9.07. The van der Waals surface area contributed by atoms with Crippen molar-refractivity contribution >= 4 is 39.1 Å². The third kappa shape index (κ3) is 4.67. The van der Waals surface area contributed by atoms with E-state index >= 15 is 0 Å². The lowest BCUT2D eigenvalue weighted by molar-refractivity contribution is 0.00791. The third-order valence-corrected chi connectivity index (χ3v) is 7.06. The Labute approximate surface area is 185 Å². The molecule has 0 radical (unpaired) electrons. The zero-order chi connectivity index (χ0) is 21.2. The van der Waals surface area contributed by atoms with E-state index in [1.54, 1.807) is 0 Å². The fraction of sp³-hybridized carbons (Fsp3) is 0.571. The summed E-state index contributed by atoms with van der Waals surface area (Å²) in [7, 11) is 1.98. The van der Waals surface area contributed by atoms with Gasteiger partial charge in [0, 0.05) is 44.6 Å². The minimum atomic E-state index is -0.0907. The summed E-state index contributed by atoms with van der Waals surface area (Å²) in [6.45, 7) is 3.71. The molecule has 0 atom stereocenters. The number of hydrogen-bond donors (Lipinski definition) is 3. The Kier molecular flexibility index (Phi) is 6.04. The Bertz CT molecular complexity index is 1020. The van der Waals surface area contributed by atoms with Crippen LogP contribution < -0.4 is 10.6 Å². The van der Waals surface area contributed by atoms with Gasteiger partial charge in [0.1, 0.15) is 10.5 Å².